The van der Waals surface area contributed by atoms with Crippen molar-refractivity contribution in [1.29, 1.82) is 0 Å². The number of likely N-dealkylation sites (tertiary alicyclic amines) is 1. The van der Waals surface area contributed by atoms with Crippen LogP contribution in [0.3, 0.4) is 0 Å². The predicted molar refractivity (Wildman–Crippen MR) is 69.1 cm³/mol. The molecule has 2 rings (SSSR count). The molecule has 0 spiro atoms. The highest BCUT2D eigenvalue weighted by Crippen LogP contribution is 2.14. The van der Waals surface area contributed by atoms with Gasteiger partial charge < -0.3 is 10.6 Å². The van der Waals surface area contributed by atoms with Crippen molar-refractivity contribution in [1.82, 2.24) is 4.90 Å². The molecule has 90 valence electrons. The minimum atomic E-state index is 0. The first kappa shape index (κ1) is 13.5. The number of nitrogens with zero attached hydrogens (tertiary/aromatic N) is 1. The lowest BCUT2D eigenvalue weighted by Gasteiger charge is -2.15. The Hall–Kier alpha value is -0.580. The lowest BCUT2D eigenvalue weighted by Crippen LogP contribution is -2.31. The van der Waals surface area contributed by atoms with Gasteiger partial charge in [-0.05, 0) is 24.3 Å². The van der Waals surface area contributed by atoms with E-state index in [1.54, 1.807) is 11.3 Å². The number of amides is 1. The number of hydrogen-bond acceptors (Lipinski definition) is 3. The normalized spacial score (nSPS) is 19.6. The van der Waals surface area contributed by atoms with Gasteiger partial charge in [0.2, 0.25) is 5.91 Å². The number of aryl methyl sites for hydroxylation is 1. The summed E-state index contributed by atoms with van der Waals surface area (Å²) in [7, 11) is 0. The average molecular weight is 261 g/mol. The third-order valence-electron chi connectivity index (χ3n) is 2.74. The van der Waals surface area contributed by atoms with Crippen molar-refractivity contribution in [2.24, 2.45) is 5.73 Å². The molecule has 5 heteroatoms. The minimum absolute atomic E-state index is 0. The maximum absolute atomic E-state index is 11.8. The van der Waals surface area contributed by atoms with E-state index in [1.807, 2.05) is 16.3 Å². The van der Waals surface area contributed by atoms with Crippen LogP contribution < -0.4 is 5.73 Å². The molecule has 1 fully saturated rings. The van der Waals surface area contributed by atoms with E-state index in [9.17, 15) is 4.79 Å². The quantitative estimate of drug-likeness (QED) is 0.899. The van der Waals surface area contributed by atoms with Gasteiger partial charge in [0.15, 0.2) is 0 Å². The van der Waals surface area contributed by atoms with Crippen molar-refractivity contribution in [3.05, 3.63) is 22.4 Å². The van der Waals surface area contributed by atoms with Crippen molar-refractivity contribution < 1.29 is 4.79 Å². The van der Waals surface area contributed by atoms with Crippen LogP contribution in [0.2, 0.25) is 0 Å². The standard InChI is InChI=1S/C11H16N2OS.ClH/c12-9-5-6-13(8-9)11(14)4-3-10-2-1-7-15-10;/h1-2,7,9H,3-6,8,12H2;1H/t9-;/m1./s1. The van der Waals surface area contributed by atoms with Crippen molar-refractivity contribution in [3.8, 4) is 0 Å². The molecule has 0 radical (unpaired) electrons. The van der Waals surface area contributed by atoms with Gasteiger partial charge in [0.1, 0.15) is 0 Å². The number of carbonyl (C=O) groups excluding carboxylic acids is 1. The summed E-state index contributed by atoms with van der Waals surface area (Å²) in [6.07, 6.45) is 2.43. The highest BCUT2D eigenvalue weighted by atomic mass is 35.5. The van der Waals surface area contributed by atoms with Crippen LogP contribution >= 0.6 is 23.7 Å². The average Bonchev–Trinajstić information content (AvgIpc) is 2.84. The van der Waals surface area contributed by atoms with Crippen LogP contribution in [0.25, 0.3) is 0 Å². The third-order valence-corrected chi connectivity index (χ3v) is 3.68. The Bertz CT molecular complexity index is 329. The number of carbonyl (C=O) groups is 1. The summed E-state index contributed by atoms with van der Waals surface area (Å²) in [4.78, 5) is 14.9. The maximum atomic E-state index is 11.8. The molecule has 2 N–H and O–H groups in total. The van der Waals surface area contributed by atoms with E-state index in [4.69, 9.17) is 5.73 Å². The maximum Gasteiger partial charge on any atom is 0.222 e. The topological polar surface area (TPSA) is 46.3 Å². The molecule has 1 atom stereocenters. The van der Waals surface area contributed by atoms with Crippen molar-refractivity contribution in [3.63, 3.8) is 0 Å². The first-order chi connectivity index (χ1) is 7.25. The molecule has 1 amide bonds. The summed E-state index contributed by atoms with van der Waals surface area (Å²) >= 11 is 1.71. The molecule has 3 nitrogen and oxygen atoms in total. The Morgan fingerprint density at radius 2 is 2.44 bits per heavy atom. The zero-order valence-corrected chi connectivity index (χ0v) is 10.7. The summed E-state index contributed by atoms with van der Waals surface area (Å²) in [6, 6.07) is 4.29. The largest absolute Gasteiger partial charge is 0.341 e. The molecule has 0 unspecified atom stereocenters. The zero-order valence-electron chi connectivity index (χ0n) is 9.09. The van der Waals surface area contributed by atoms with Crippen LogP contribution in [0, 0.1) is 0 Å². The fourth-order valence-corrected chi connectivity index (χ4v) is 2.57. The second-order valence-electron chi connectivity index (χ2n) is 3.97. The summed E-state index contributed by atoms with van der Waals surface area (Å²) in [5, 5.41) is 2.05. The smallest absolute Gasteiger partial charge is 0.222 e. The van der Waals surface area contributed by atoms with Crippen LogP contribution in [-0.4, -0.2) is 29.9 Å². The fraction of sp³-hybridized carbons (Fsp3) is 0.545. The predicted octanol–water partition coefficient (Wildman–Crippen LogP) is 1.66. The SMILES string of the molecule is Cl.N[C@@H]1CCN(C(=O)CCc2cccs2)C1. The Balaban J connectivity index is 0.00000128. The fourth-order valence-electron chi connectivity index (χ4n) is 1.86. The lowest BCUT2D eigenvalue weighted by atomic mass is 10.2. The number of hydrogen-bond donors (Lipinski definition) is 1. The minimum Gasteiger partial charge on any atom is -0.341 e. The molecule has 0 aromatic carbocycles. The Kier molecular flexibility index (Phi) is 5.25. The van der Waals surface area contributed by atoms with Crippen LogP contribution in [0.5, 0.6) is 0 Å². The molecular weight excluding hydrogens is 244 g/mol. The molecule has 16 heavy (non-hydrogen) atoms. The first-order valence-corrected chi connectivity index (χ1v) is 6.19. The van der Waals surface area contributed by atoms with Crippen LogP contribution in [0.15, 0.2) is 17.5 Å². The Morgan fingerprint density at radius 1 is 1.62 bits per heavy atom. The van der Waals surface area contributed by atoms with E-state index in [2.05, 4.69) is 6.07 Å². The molecule has 1 aromatic rings. The van der Waals surface area contributed by atoms with Gasteiger partial charge in [0.25, 0.3) is 0 Å². The number of rotatable bonds is 3. The Labute approximate surface area is 106 Å². The van der Waals surface area contributed by atoms with Crippen molar-refractivity contribution in [2.45, 2.75) is 25.3 Å². The molecule has 0 bridgehead atoms. The number of halogens is 1. The third kappa shape index (κ3) is 3.47. The molecule has 1 aromatic heterocycles. The zero-order chi connectivity index (χ0) is 10.7. The molecule has 2 heterocycles. The Morgan fingerprint density at radius 3 is 3.00 bits per heavy atom. The monoisotopic (exact) mass is 260 g/mol. The van der Waals surface area contributed by atoms with Gasteiger partial charge in [-0.3, -0.25) is 4.79 Å². The van der Waals surface area contributed by atoms with Crippen LogP contribution in [0.1, 0.15) is 17.7 Å². The van der Waals surface area contributed by atoms with E-state index in [0.717, 1.165) is 25.9 Å². The van der Waals surface area contributed by atoms with Gasteiger partial charge in [-0.2, -0.15) is 0 Å². The first-order valence-electron chi connectivity index (χ1n) is 5.31. The van der Waals surface area contributed by atoms with E-state index in [-0.39, 0.29) is 24.4 Å². The van der Waals surface area contributed by atoms with Crippen molar-refractivity contribution >= 4 is 29.7 Å². The summed E-state index contributed by atoms with van der Waals surface area (Å²) in [5.41, 5.74) is 5.76. The van der Waals surface area contributed by atoms with Gasteiger partial charge in [-0.25, -0.2) is 0 Å². The van der Waals surface area contributed by atoms with Gasteiger partial charge >= 0.3 is 0 Å². The second-order valence-corrected chi connectivity index (χ2v) is 5.00. The summed E-state index contributed by atoms with van der Waals surface area (Å²) in [5.74, 6) is 0.247. The molecule has 1 aliphatic heterocycles. The highest BCUT2D eigenvalue weighted by molar-refractivity contribution is 7.09. The molecular formula is C11H17ClN2OS. The molecule has 1 aliphatic rings. The molecule has 1 saturated heterocycles. The van der Waals surface area contributed by atoms with Gasteiger partial charge in [-0.15, -0.1) is 23.7 Å². The molecule has 0 saturated carbocycles. The summed E-state index contributed by atoms with van der Waals surface area (Å²) in [6.45, 7) is 1.58. The summed E-state index contributed by atoms with van der Waals surface area (Å²) < 4.78 is 0. The van der Waals surface area contributed by atoms with E-state index < -0.39 is 0 Å². The van der Waals surface area contributed by atoms with Crippen LogP contribution in [-0.2, 0) is 11.2 Å². The highest BCUT2D eigenvalue weighted by Gasteiger charge is 2.22. The van der Waals surface area contributed by atoms with Crippen molar-refractivity contribution in [2.75, 3.05) is 13.1 Å². The molecule has 0 aliphatic carbocycles. The van der Waals surface area contributed by atoms with Gasteiger partial charge in [0, 0.05) is 30.4 Å². The van der Waals surface area contributed by atoms with E-state index >= 15 is 0 Å². The van der Waals surface area contributed by atoms with Crippen LogP contribution in [0.4, 0.5) is 0 Å². The van der Waals surface area contributed by atoms with Gasteiger partial charge in [0.05, 0.1) is 0 Å². The van der Waals surface area contributed by atoms with E-state index in [0.29, 0.717) is 6.42 Å². The lowest BCUT2D eigenvalue weighted by molar-refractivity contribution is -0.130. The van der Waals surface area contributed by atoms with Gasteiger partial charge in [-0.1, -0.05) is 6.07 Å². The second kappa shape index (κ2) is 6.23. The number of nitrogens with two attached hydrogens (primary N) is 1. The van der Waals surface area contributed by atoms with E-state index in [1.165, 1.54) is 4.88 Å². The number of thiophene rings is 1.